The first-order chi connectivity index (χ1) is 11.3. The zero-order valence-corrected chi connectivity index (χ0v) is 14.6. The van der Waals surface area contributed by atoms with E-state index in [1.807, 2.05) is 0 Å². The third-order valence-electron chi connectivity index (χ3n) is 4.45. The average molecular weight is 343 g/mol. The summed E-state index contributed by atoms with van der Waals surface area (Å²) in [6.07, 6.45) is 4.57. The Bertz CT molecular complexity index is 538. The summed E-state index contributed by atoms with van der Waals surface area (Å²) < 4.78 is 39.6. The molecule has 0 aliphatic heterocycles. The van der Waals surface area contributed by atoms with E-state index in [1.54, 1.807) is 6.92 Å². The molecule has 2 nitrogen and oxygen atoms in total. The van der Waals surface area contributed by atoms with Gasteiger partial charge in [0.15, 0.2) is 0 Å². The molecule has 0 bridgehead atoms. The molecule has 1 aromatic carbocycles. The van der Waals surface area contributed by atoms with Crippen LogP contribution in [0.25, 0.3) is 0 Å². The summed E-state index contributed by atoms with van der Waals surface area (Å²) in [7, 11) is 0. The fourth-order valence-corrected chi connectivity index (χ4v) is 3.05. The zero-order valence-electron chi connectivity index (χ0n) is 14.6. The van der Waals surface area contributed by atoms with Gasteiger partial charge in [-0.3, -0.25) is 4.79 Å². The highest BCUT2D eigenvalue weighted by atomic mass is 19.4. The molecule has 1 aromatic rings. The normalized spacial score (nSPS) is 11.7. The van der Waals surface area contributed by atoms with Gasteiger partial charge in [0, 0.05) is 5.56 Å². The number of amides is 1. The van der Waals surface area contributed by atoms with Crippen molar-refractivity contribution in [2.45, 2.75) is 77.8 Å². The van der Waals surface area contributed by atoms with Crippen molar-refractivity contribution in [2.75, 3.05) is 0 Å². The van der Waals surface area contributed by atoms with Crippen LogP contribution in [0.3, 0.4) is 0 Å². The molecule has 0 aliphatic carbocycles. The van der Waals surface area contributed by atoms with Crippen LogP contribution in [-0.4, -0.2) is 5.91 Å². The van der Waals surface area contributed by atoms with E-state index >= 15 is 0 Å². The maximum absolute atomic E-state index is 13.2. The lowest BCUT2D eigenvalue weighted by atomic mass is 9.92. The van der Waals surface area contributed by atoms with Crippen molar-refractivity contribution < 1.29 is 18.0 Å². The molecule has 0 aliphatic rings. The molecular formula is C19H28F3NO. The lowest BCUT2D eigenvalue weighted by molar-refractivity contribution is -0.138. The van der Waals surface area contributed by atoms with Gasteiger partial charge in [-0.25, -0.2) is 0 Å². The Morgan fingerprint density at radius 3 is 2.04 bits per heavy atom. The van der Waals surface area contributed by atoms with E-state index in [1.165, 1.54) is 31.7 Å². The minimum atomic E-state index is -4.41. The third-order valence-corrected chi connectivity index (χ3v) is 4.45. The molecule has 0 heterocycles. The summed E-state index contributed by atoms with van der Waals surface area (Å²) in [5.74, 6) is -0.682. The van der Waals surface area contributed by atoms with Crippen molar-refractivity contribution in [2.24, 2.45) is 5.73 Å². The minimum absolute atomic E-state index is 0.178. The molecule has 1 rings (SSSR count). The van der Waals surface area contributed by atoms with Crippen molar-refractivity contribution in [1.29, 1.82) is 0 Å². The van der Waals surface area contributed by atoms with Gasteiger partial charge in [-0.1, -0.05) is 51.9 Å². The largest absolute Gasteiger partial charge is 0.416 e. The van der Waals surface area contributed by atoms with Crippen molar-refractivity contribution in [3.8, 4) is 0 Å². The molecule has 0 radical (unpaired) electrons. The first-order valence-corrected chi connectivity index (χ1v) is 8.78. The molecule has 0 unspecified atom stereocenters. The van der Waals surface area contributed by atoms with Gasteiger partial charge < -0.3 is 5.73 Å². The Balaban J connectivity index is 2.68. The number of hydrogen-bond donors (Lipinski definition) is 1. The van der Waals surface area contributed by atoms with Gasteiger partial charge in [0.1, 0.15) is 0 Å². The highest BCUT2D eigenvalue weighted by Gasteiger charge is 2.34. The molecule has 24 heavy (non-hydrogen) atoms. The number of halogens is 3. The predicted molar refractivity (Wildman–Crippen MR) is 91.0 cm³/mol. The Morgan fingerprint density at radius 1 is 1.00 bits per heavy atom. The molecule has 136 valence electrons. The Labute approximate surface area is 142 Å². The summed E-state index contributed by atoms with van der Waals surface area (Å²) in [6, 6.07) is 2.16. The topological polar surface area (TPSA) is 43.1 Å². The van der Waals surface area contributed by atoms with Crippen LogP contribution in [0, 0.1) is 6.92 Å². The van der Waals surface area contributed by atoms with Gasteiger partial charge in [0.05, 0.1) is 5.56 Å². The summed E-state index contributed by atoms with van der Waals surface area (Å²) >= 11 is 0. The lowest BCUT2D eigenvalue weighted by Gasteiger charge is -2.17. The monoisotopic (exact) mass is 343 g/mol. The summed E-state index contributed by atoms with van der Waals surface area (Å²) in [4.78, 5) is 11.4. The van der Waals surface area contributed by atoms with E-state index in [0.717, 1.165) is 25.3 Å². The summed E-state index contributed by atoms with van der Waals surface area (Å²) in [5, 5.41) is 0. The molecule has 5 heteroatoms. The maximum Gasteiger partial charge on any atom is 0.416 e. The number of hydrogen-bond acceptors (Lipinski definition) is 1. The van der Waals surface area contributed by atoms with Gasteiger partial charge in [0.2, 0.25) is 5.91 Å². The molecule has 2 N–H and O–H groups in total. The van der Waals surface area contributed by atoms with Crippen molar-refractivity contribution in [3.05, 3.63) is 34.4 Å². The van der Waals surface area contributed by atoms with Gasteiger partial charge in [-0.15, -0.1) is 0 Å². The second-order valence-corrected chi connectivity index (χ2v) is 6.35. The maximum atomic E-state index is 13.2. The molecular weight excluding hydrogens is 315 g/mol. The number of primary amides is 1. The summed E-state index contributed by atoms with van der Waals surface area (Å²) in [5.41, 5.74) is 5.36. The van der Waals surface area contributed by atoms with Crippen LogP contribution in [0.4, 0.5) is 13.2 Å². The van der Waals surface area contributed by atoms with E-state index in [2.05, 4.69) is 6.92 Å². The van der Waals surface area contributed by atoms with Gasteiger partial charge in [0.25, 0.3) is 0 Å². The summed E-state index contributed by atoms with van der Waals surface area (Å²) in [6.45, 7) is 3.72. The third kappa shape index (κ3) is 6.17. The molecule has 0 aromatic heterocycles. The first-order valence-electron chi connectivity index (χ1n) is 8.78. The van der Waals surface area contributed by atoms with Gasteiger partial charge in [-0.05, 0) is 43.0 Å². The van der Waals surface area contributed by atoms with Crippen LogP contribution in [-0.2, 0) is 12.6 Å². The quantitative estimate of drug-likeness (QED) is 0.536. The van der Waals surface area contributed by atoms with Gasteiger partial charge >= 0.3 is 6.18 Å². The number of carbonyl (C=O) groups excluding carboxylic acids is 1. The van der Waals surface area contributed by atoms with E-state index in [4.69, 9.17) is 5.73 Å². The Morgan fingerprint density at radius 2 is 1.54 bits per heavy atom. The number of nitrogens with two attached hydrogens (primary N) is 1. The van der Waals surface area contributed by atoms with Crippen LogP contribution >= 0.6 is 0 Å². The van der Waals surface area contributed by atoms with Crippen LogP contribution in [0.5, 0.6) is 0 Å². The van der Waals surface area contributed by atoms with Crippen LogP contribution in [0.2, 0.25) is 0 Å². The predicted octanol–water partition coefficient (Wildman–Crippen LogP) is 5.80. The molecule has 0 atom stereocenters. The average Bonchev–Trinajstić information content (AvgIpc) is 2.49. The second kappa shape index (κ2) is 9.70. The first kappa shape index (κ1) is 20.5. The van der Waals surface area contributed by atoms with E-state index in [9.17, 15) is 18.0 Å². The lowest BCUT2D eigenvalue weighted by Crippen LogP contribution is -2.17. The fourth-order valence-electron chi connectivity index (χ4n) is 3.05. The van der Waals surface area contributed by atoms with Crippen LogP contribution < -0.4 is 5.73 Å². The number of alkyl halides is 3. The molecule has 0 saturated carbocycles. The zero-order chi connectivity index (χ0) is 18.2. The van der Waals surface area contributed by atoms with Crippen LogP contribution in [0.15, 0.2) is 12.1 Å². The highest BCUT2D eigenvalue weighted by Crippen LogP contribution is 2.35. The number of benzene rings is 1. The molecule has 0 spiro atoms. The molecule has 0 fully saturated rings. The van der Waals surface area contributed by atoms with E-state index < -0.39 is 17.6 Å². The Kier molecular flexibility index (Phi) is 8.29. The SMILES string of the molecule is CCCCCCCCCCc1c(C(F)(F)F)ccc(C(N)=O)c1C. The van der Waals surface area contributed by atoms with E-state index in [0.29, 0.717) is 18.4 Å². The Hall–Kier alpha value is -1.52. The molecule has 1 amide bonds. The van der Waals surface area contributed by atoms with E-state index in [-0.39, 0.29) is 11.1 Å². The number of rotatable bonds is 10. The second-order valence-electron chi connectivity index (χ2n) is 6.35. The number of unbranched alkanes of at least 4 members (excludes halogenated alkanes) is 7. The minimum Gasteiger partial charge on any atom is -0.366 e. The van der Waals surface area contributed by atoms with Crippen molar-refractivity contribution in [3.63, 3.8) is 0 Å². The van der Waals surface area contributed by atoms with Crippen molar-refractivity contribution >= 4 is 5.91 Å². The fraction of sp³-hybridized carbons (Fsp3) is 0.632. The smallest absolute Gasteiger partial charge is 0.366 e. The highest BCUT2D eigenvalue weighted by molar-refractivity contribution is 5.94. The van der Waals surface area contributed by atoms with Crippen molar-refractivity contribution in [1.82, 2.24) is 0 Å². The van der Waals surface area contributed by atoms with Crippen LogP contribution in [0.1, 0.15) is 85.3 Å². The number of carbonyl (C=O) groups is 1. The molecule has 0 saturated heterocycles. The van der Waals surface area contributed by atoms with Gasteiger partial charge in [-0.2, -0.15) is 13.2 Å². The standard InChI is InChI=1S/C19H28F3NO/c1-3-4-5-6-7-8-9-10-11-15-14(2)16(18(23)24)12-13-17(15)19(20,21)22/h12-13H,3-11H2,1-2H3,(H2,23,24).